The van der Waals surface area contributed by atoms with Gasteiger partial charge in [0.25, 0.3) is 0 Å². The number of hydrogen-bond donors (Lipinski definition) is 2. The normalized spacial score (nSPS) is 34.4. The van der Waals surface area contributed by atoms with Gasteiger partial charge in [-0.2, -0.15) is 0 Å². The standard InChI is InChI=1S/C17H35N3O/c1-5-19(6-2)16-8-10-20(12-16)15-7-9-17(11-15,13-21)18-14(3)4/h14-16,18,21H,5-13H2,1-4H3. The monoisotopic (exact) mass is 297 g/mol. The van der Waals surface area contributed by atoms with Gasteiger partial charge in [-0.15, -0.1) is 0 Å². The molecule has 2 aliphatic rings. The Kier molecular flexibility index (Phi) is 6.06. The summed E-state index contributed by atoms with van der Waals surface area (Å²) >= 11 is 0. The molecule has 2 rings (SSSR count). The number of aliphatic hydroxyl groups excluding tert-OH is 1. The fourth-order valence-corrected chi connectivity index (χ4v) is 4.48. The molecule has 0 bridgehead atoms. The fourth-order valence-electron chi connectivity index (χ4n) is 4.48. The van der Waals surface area contributed by atoms with Crippen LogP contribution in [0.5, 0.6) is 0 Å². The van der Waals surface area contributed by atoms with E-state index in [1.165, 1.54) is 25.9 Å². The maximum Gasteiger partial charge on any atom is 0.0614 e. The first-order valence-electron chi connectivity index (χ1n) is 8.90. The van der Waals surface area contributed by atoms with Crippen LogP contribution in [0, 0.1) is 0 Å². The number of nitrogens with zero attached hydrogens (tertiary/aromatic N) is 2. The topological polar surface area (TPSA) is 38.7 Å². The number of hydrogen-bond acceptors (Lipinski definition) is 4. The van der Waals surface area contributed by atoms with Crippen molar-refractivity contribution in [3.63, 3.8) is 0 Å². The van der Waals surface area contributed by atoms with Gasteiger partial charge >= 0.3 is 0 Å². The maximum absolute atomic E-state index is 9.85. The molecule has 4 heteroatoms. The van der Waals surface area contributed by atoms with Gasteiger partial charge in [0, 0.05) is 36.8 Å². The van der Waals surface area contributed by atoms with Crippen molar-refractivity contribution in [1.29, 1.82) is 0 Å². The van der Waals surface area contributed by atoms with Crippen LogP contribution in [0.25, 0.3) is 0 Å². The second-order valence-electron chi connectivity index (χ2n) is 7.29. The largest absolute Gasteiger partial charge is 0.394 e. The van der Waals surface area contributed by atoms with Gasteiger partial charge in [0.2, 0.25) is 0 Å². The molecule has 0 aromatic rings. The fraction of sp³-hybridized carbons (Fsp3) is 1.00. The first kappa shape index (κ1) is 17.2. The third-order valence-electron chi connectivity index (χ3n) is 5.52. The first-order chi connectivity index (χ1) is 10.0. The van der Waals surface area contributed by atoms with Crippen LogP contribution in [-0.4, -0.2) is 71.4 Å². The Morgan fingerprint density at radius 3 is 2.57 bits per heavy atom. The van der Waals surface area contributed by atoms with Crippen LogP contribution >= 0.6 is 0 Å². The molecule has 0 amide bonds. The molecule has 0 radical (unpaired) electrons. The van der Waals surface area contributed by atoms with E-state index in [-0.39, 0.29) is 12.1 Å². The van der Waals surface area contributed by atoms with E-state index >= 15 is 0 Å². The van der Waals surface area contributed by atoms with E-state index in [1.54, 1.807) is 0 Å². The van der Waals surface area contributed by atoms with Gasteiger partial charge < -0.3 is 10.4 Å². The number of aliphatic hydroxyl groups is 1. The van der Waals surface area contributed by atoms with Crippen LogP contribution in [0.1, 0.15) is 53.4 Å². The van der Waals surface area contributed by atoms with Crippen molar-refractivity contribution in [3.8, 4) is 0 Å². The average Bonchev–Trinajstić information content (AvgIpc) is 3.07. The van der Waals surface area contributed by atoms with Crippen LogP contribution in [0.15, 0.2) is 0 Å². The summed E-state index contributed by atoms with van der Waals surface area (Å²) < 4.78 is 0. The van der Waals surface area contributed by atoms with Gasteiger partial charge in [-0.25, -0.2) is 0 Å². The van der Waals surface area contributed by atoms with Crippen LogP contribution in [0.2, 0.25) is 0 Å². The molecule has 0 spiro atoms. The quantitative estimate of drug-likeness (QED) is 0.750. The van der Waals surface area contributed by atoms with Crippen molar-refractivity contribution < 1.29 is 5.11 Å². The van der Waals surface area contributed by atoms with Crippen molar-refractivity contribution in [3.05, 3.63) is 0 Å². The number of likely N-dealkylation sites (tertiary alicyclic amines) is 1. The third kappa shape index (κ3) is 3.98. The van der Waals surface area contributed by atoms with Crippen molar-refractivity contribution in [2.75, 3.05) is 32.8 Å². The van der Waals surface area contributed by atoms with Crippen molar-refractivity contribution >= 4 is 0 Å². The summed E-state index contributed by atoms with van der Waals surface area (Å²) in [6.45, 7) is 13.9. The lowest BCUT2D eigenvalue weighted by atomic mass is 9.97. The molecule has 124 valence electrons. The Morgan fingerprint density at radius 2 is 2.00 bits per heavy atom. The van der Waals surface area contributed by atoms with Crippen molar-refractivity contribution in [2.45, 2.75) is 77.0 Å². The number of nitrogens with one attached hydrogen (secondary N) is 1. The molecular formula is C17H35N3O. The first-order valence-corrected chi connectivity index (χ1v) is 8.90. The molecular weight excluding hydrogens is 262 g/mol. The van der Waals surface area contributed by atoms with Crippen LogP contribution in [-0.2, 0) is 0 Å². The summed E-state index contributed by atoms with van der Waals surface area (Å²) in [6.07, 6.45) is 4.75. The molecule has 4 nitrogen and oxygen atoms in total. The number of rotatable bonds is 7. The molecule has 1 aliphatic carbocycles. The molecule has 0 aromatic heterocycles. The van der Waals surface area contributed by atoms with Crippen LogP contribution < -0.4 is 5.32 Å². The molecule has 3 atom stereocenters. The van der Waals surface area contributed by atoms with Gasteiger partial charge in [0.15, 0.2) is 0 Å². The molecule has 2 N–H and O–H groups in total. The molecule has 1 saturated heterocycles. The van der Waals surface area contributed by atoms with Crippen molar-refractivity contribution in [1.82, 2.24) is 15.1 Å². The lowest BCUT2D eigenvalue weighted by Crippen LogP contribution is -2.50. The van der Waals surface area contributed by atoms with E-state index < -0.39 is 0 Å². The Labute approximate surface area is 130 Å². The average molecular weight is 297 g/mol. The summed E-state index contributed by atoms with van der Waals surface area (Å²) in [4.78, 5) is 5.28. The molecule has 21 heavy (non-hydrogen) atoms. The van der Waals surface area contributed by atoms with E-state index in [1.807, 2.05) is 0 Å². The highest BCUT2D eigenvalue weighted by atomic mass is 16.3. The van der Waals surface area contributed by atoms with E-state index in [0.29, 0.717) is 12.1 Å². The lowest BCUT2D eigenvalue weighted by molar-refractivity contribution is 0.138. The zero-order valence-electron chi connectivity index (χ0n) is 14.4. The molecule has 3 unspecified atom stereocenters. The minimum absolute atomic E-state index is 0.0356. The highest BCUT2D eigenvalue weighted by Gasteiger charge is 2.42. The lowest BCUT2D eigenvalue weighted by Gasteiger charge is -2.33. The van der Waals surface area contributed by atoms with Gasteiger partial charge in [-0.05, 0) is 38.8 Å². The predicted octanol–water partition coefficient (Wildman–Crippen LogP) is 1.68. The van der Waals surface area contributed by atoms with Crippen molar-refractivity contribution in [2.24, 2.45) is 0 Å². The third-order valence-corrected chi connectivity index (χ3v) is 5.52. The Bertz CT molecular complexity index is 319. The molecule has 0 aromatic carbocycles. The van der Waals surface area contributed by atoms with Gasteiger partial charge in [0.1, 0.15) is 0 Å². The molecule has 2 fully saturated rings. The highest BCUT2D eigenvalue weighted by molar-refractivity contribution is 5.01. The highest BCUT2D eigenvalue weighted by Crippen LogP contribution is 2.35. The number of likely N-dealkylation sites (N-methyl/N-ethyl adjacent to an activating group) is 1. The Balaban J connectivity index is 1.90. The second kappa shape index (κ2) is 7.40. The second-order valence-corrected chi connectivity index (χ2v) is 7.29. The smallest absolute Gasteiger partial charge is 0.0614 e. The minimum Gasteiger partial charge on any atom is -0.394 e. The van der Waals surface area contributed by atoms with Gasteiger partial charge in [-0.3, -0.25) is 9.80 Å². The van der Waals surface area contributed by atoms with E-state index in [0.717, 1.165) is 32.0 Å². The molecule has 1 heterocycles. The summed E-state index contributed by atoms with van der Waals surface area (Å²) in [5.41, 5.74) is -0.0356. The Morgan fingerprint density at radius 1 is 1.29 bits per heavy atom. The van der Waals surface area contributed by atoms with E-state index in [2.05, 4.69) is 42.8 Å². The SMILES string of the molecule is CCN(CC)C1CCN(C2CCC(CO)(NC(C)C)C2)C1. The summed E-state index contributed by atoms with van der Waals surface area (Å²) in [6, 6.07) is 1.84. The van der Waals surface area contributed by atoms with Crippen LogP contribution in [0.3, 0.4) is 0 Å². The molecule has 1 aliphatic heterocycles. The molecule has 1 saturated carbocycles. The minimum atomic E-state index is -0.0356. The Hall–Kier alpha value is -0.160. The van der Waals surface area contributed by atoms with Gasteiger partial charge in [-0.1, -0.05) is 27.7 Å². The zero-order chi connectivity index (χ0) is 15.5. The van der Waals surface area contributed by atoms with Gasteiger partial charge in [0.05, 0.1) is 6.61 Å². The van der Waals surface area contributed by atoms with Crippen LogP contribution in [0.4, 0.5) is 0 Å². The predicted molar refractivity (Wildman–Crippen MR) is 88.6 cm³/mol. The maximum atomic E-state index is 9.85. The summed E-state index contributed by atoms with van der Waals surface area (Å²) in [7, 11) is 0. The summed E-state index contributed by atoms with van der Waals surface area (Å²) in [5.74, 6) is 0. The van der Waals surface area contributed by atoms with E-state index in [4.69, 9.17) is 0 Å². The zero-order valence-corrected chi connectivity index (χ0v) is 14.4. The summed E-state index contributed by atoms with van der Waals surface area (Å²) in [5, 5.41) is 13.5. The van der Waals surface area contributed by atoms with E-state index in [9.17, 15) is 5.11 Å².